The molecular formula is C14H14O2S. The minimum atomic E-state index is -0.893. The molecule has 0 aliphatic carbocycles. The Labute approximate surface area is 105 Å². The van der Waals surface area contributed by atoms with E-state index in [-0.39, 0.29) is 7.43 Å². The lowest BCUT2D eigenvalue weighted by Gasteiger charge is -2.02. The summed E-state index contributed by atoms with van der Waals surface area (Å²) < 4.78 is 0. The molecule has 88 valence electrons. The molecule has 2 aromatic carbocycles. The molecule has 0 amide bonds. The Bertz CT molecular complexity index is 495. The summed E-state index contributed by atoms with van der Waals surface area (Å²) in [5.41, 5.74) is 0.320. The van der Waals surface area contributed by atoms with Gasteiger partial charge in [-0.15, -0.1) is 0 Å². The van der Waals surface area contributed by atoms with Gasteiger partial charge in [0.2, 0.25) is 0 Å². The summed E-state index contributed by atoms with van der Waals surface area (Å²) in [4.78, 5) is 12.8. The maximum absolute atomic E-state index is 10.8. The highest BCUT2D eigenvalue weighted by molar-refractivity contribution is 7.99. The Hall–Kier alpha value is -1.74. The summed E-state index contributed by atoms with van der Waals surface area (Å²) in [6, 6.07) is 16.8. The predicted octanol–water partition coefficient (Wildman–Crippen LogP) is 4.17. The molecule has 0 fully saturated rings. The number of hydrogen-bond donors (Lipinski definition) is 1. The SMILES string of the molecule is C.O=C(O)c1cccc(Sc2ccccc2)c1. The van der Waals surface area contributed by atoms with Crippen molar-refractivity contribution in [2.24, 2.45) is 0 Å². The smallest absolute Gasteiger partial charge is 0.335 e. The van der Waals surface area contributed by atoms with Crippen LogP contribution >= 0.6 is 11.8 Å². The van der Waals surface area contributed by atoms with E-state index in [9.17, 15) is 4.79 Å². The van der Waals surface area contributed by atoms with Gasteiger partial charge < -0.3 is 5.11 Å². The van der Waals surface area contributed by atoms with Crippen LogP contribution in [-0.4, -0.2) is 11.1 Å². The standard InChI is InChI=1S/C13H10O2S.CH4/c14-13(15)10-5-4-8-12(9-10)16-11-6-2-1-3-7-11;/h1-9H,(H,14,15);1H4. The van der Waals surface area contributed by atoms with Gasteiger partial charge in [0.1, 0.15) is 0 Å². The fourth-order valence-electron chi connectivity index (χ4n) is 1.32. The monoisotopic (exact) mass is 246 g/mol. The third kappa shape index (κ3) is 3.64. The first-order valence-electron chi connectivity index (χ1n) is 4.82. The average Bonchev–Trinajstić information content (AvgIpc) is 2.30. The first-order valence-corrected chi connectivity index (χ1v) is 5.63. The summed E-state index contributed by atoms with van der Waals surface area (Å²) in [5.74, 6) is -0.893. The van der Waals surface area contributed by atoms with Crippen molar-refractivity contribution >= 4 is 17.7 Å². The van der Waals surface area contributed by atoms with Crippen LogP contribution in [0.5, 0.6) is 0 Å². The maximum Gasteiger partial charge on any atom is 0.335 e. The summed E-state index contributed by atoms with van der Waals surface area (Å²) in [6.45, 7) is 0. The molecule has 17 heavy (non-hydrogen) atoms. The third-order valence-corrected chi connectivity index (χ3v) is 3.06. The van der Waals surface area contributed by atoms with Gasteiger partial charge in [0, 0.05) is 9.79 Å². The molecule has 0 saturated carbocycles. The molecule has 0 bridgehead atoms. The number of rotatable bonds is 3. The molecule has 2 rings (SSSR count). The Balaban J connectivity index is 0.00000144. The van der Waals surface area contributed by atoms with E-state index in [1.165, 1.54) is 0 Å². The van der Waals surface area contributed by atoms with Crippen molar-refractivity contribution in [3.05, 3.63) is 60.2 Å². The summed E-state index contributed by atoms with van der Waals surface area (Å²) in [6.07, 6.45) is 0. The highest BCUT2D eigenvalue weighted by Crippen LogP contribution is 2.27. The van der Waals surface area contributed by atoms with Gasteiger partial charge in [0.05, 0.1) is 5.56 Å². The molecule has 0 aliphatic rings. The minimum absolute atomic E-state index is 0. The van der Waals surface area contributed by atoms with E-state index in [1.807, 2.05) is 36.4 Å². The third-order valence-electron chi connectivity index (χ3n) is 2.06. The molecule has 2 nitrogen and oxygen atoms in total. The van der Waals surface area contributed by atoms with Gasteiger partial charge in [-0.25, -0.2) is 4.79 Å². The second kappa shape index (κ2) is 6.11. The fourth-order valence-corrected chi connectivity index (χ4v) is 2.22. The fraction of sp³-hybridized carbons (Fsp3) is 0.0714. The highest BCUT2D eigenvalue weighted by Gasteiger charge is 2.03. The Kier molecular flexibility index (Phi) is 4.79. The van der Waals surface area contributed by atoms with Gasteiger partial charge in [-0.2, -0.15) is 0 Å². The van der Waals surface area contributed by atoms with Crippen molar-refractivity contribution in [2.75, 3.05) is 0 Å². The van der Waals surface area contributed by atoms with Crippen molar-refractivity contribution in [1.82, 2.24) is 0 Å². The molecule has 0 heterocycles. The number of aromatic carboxylic acids is 1. The highest BCUT2D eigenvalue weighted by atomic mass is 32.2. The number of hydrogen-bond acceptors (Lipinski definition) is 2. The van der Waals surface area contributed by atoms with Crippen LogP contribution in [0.1, 0.15) is 17.8 Å². The number of carboxylic acids is 1. The van der Waals surface area contributed by atoms with Crippen LogP contribution in [0.2, 0.25) is 0 Å². The van der Waals surface area contributed by atoms with Gasteiger partial charge in [0.15, 0.2) is 0 Å². The van der Waals surface area contributed by atoms with Gasteiger partial charge in [0.25, 0.3) is 0 Å². The molecule has 0 saturated heterocycles. The Morgan fingerprint density at radius 3 is 2.24 bits per heavy atom. The summed E-state index contributed by atoms with van der Waals surface area (Å²) in [5, 5.41) is 8.87. The van der Waals surface area contributed by atoms with Crippen molar-refractivity contribution < 1.29 is 9.90 Å². The molecule has 2 aromatic rings. The molecular weight excluding hydrogens is 232 g/mol. The van der Waals surface area contributed by atoms with Crippen molar-refractivity contribution in [1.29, 1.82) is 0 Å². The quantitative estimate of drug-likeness (QED) is 0.883. The largest absolute Gasteiger partial charge is 0.478 e. The van der Waals surface area contributed by atoms with Gasteiger partial charge in [-0.05, 0) is 30.3 Å². The van der Waals surface area contributed by atoms with E-state index in [0.29, 0.717) is 5.56 Å². The lowest BCUT2D eigenvalue weighted by Crippen LogP contribution is -1.95. The summed E-state index contributed by atoms with van der Waals surface area (Å²) in [7, 11) is 0. The topological polar surface area (TPSA) is 37.3 Å². The molecule has 0 atom stereocenters. The van der Waals surface area contributed by atoms with Gasteiger partial charge in [-0.1, -0.05) is 43.5 Å². The first kappa shape index (κ1) is 13.3. The van der Waals surface area contributed by atoms with Crippen LogP contribution in [0.4, 0.5) is 0 Å². The molecule has 0 radical (unpaired) electrons. The van der Waals surface area contributed by atoms with E-state index in [0.717, 1.165) is 9.79 Å². The Morgan fingerprint density at radius 2 is 1.59 bits per heavy atom. The van der Waals surface area contributed by atoms with Crippen LogP contribution < -0.4 is 0 Å². The maximum atomic E-state index is 10.8. The van der Waals surface area contributed by atoms with Crippen LogP contribution in [-0.2, 0) is 0 Å². The first-order chi connectivity index (χ1) is 7.75. The zero-order valence-electron chi connectivity index (χ0n) is 8.46. The van der Waals surface area contributed by atoms with Crippen LogP contribution in [0.25, 0.3) is 0 Å². The summed E-state index contributed by atoms with van der Waals surface area (Å²) >= 11 is 1.56. The van der Waals surface area contributed by atoms with Crippen molar-refractivity contribution in [2.45, 2.75) is 17.2 Å². The van der Waals surface area contributed by atoms with E-state index >= 15 is 0 Å². The van der Waals surface area contributed by atoms with E-state index in [1.54, 1.807) is 30.0 Å². The Morgan fingerprint density at radius 1 is 0.941 bits per heavy atom. The zero-order chi connectivity index (χ0) is 11.4. The molecule has 0 spiro atoms. The van der Waals surface area contributed by atoms with E-state index < -0.39 is 5.97 Å². The van der Waals surface area contributed by atoms with E-state index in [2.05, 4.69) is 0 Å². The van der Waals surface area contributed by atoms with E-state index in [4.69, 9.17) is 5.11 Å². The predicted molar refractivity (Wildman–Crippen MR) is 70.7 cm³/mol. The van der Waals surface area contributed by atoms with Crippen LogP contribution in [0, 0.1) is 0 Å². The average molecular weight is 246 g/mol. The molecule has 0 aliphatic heterocycles. The molecule has 3 heteroatoms. The number of carbonyl (C=O) groups is 1. The van der Waals surface area contributed by atoms with Crippen molar-refractivity contribution in [3.63, 3.8) is 0 Å². The van der Waals surface area contributed by atoms with Gasteiger partial charge in [-0.3, -0.25) is 0 Å². The van der Waals surface area contributed by atoms with Crippen LogP contribution in [0.3, 0.4) is 0 Å². The minimum Gasteiger partial charge on any atom is -0.478 e. The molecule has 0 aromatic heterocycles. The molecule has 1 N–H and O–H groups in total. The van der Waals surface area contributed by atoms with Crippen LogP contribution in [0.15, 0.2) is 64.4 Å². The van der Waals surface area contributed by atoms with Gasteiger partial charge >= 0.3 is 5.97 Å². The lowest BCUT2D eigenvalue weighted by molar-refractivity contribution is 0.0696. The lowest BCUT2D eigenvalue weighted by atomic mass is 10.2. The van der Waals surface area contributed by atoms with Crippen molar-refractivity contribution in [3.8, 4) is 0 Å². The normalized spacial score (nSPS) is 9.41. The zero-order valence-corrected chi connectivity index (χ0v) is 9.28. The second-order valence-corrected chi connectivity index (χ2v) is 4.40. The number of benzene rings is 2. The second-order valence-electron chi connectivity index (χ2n) is 3.25. The number of carboxylic acid groups (broad SMARTS) is 1. The molecule has 0 unspecified atom stereocenters.